The Morgan fingerprint density at radius 2 is 1.48 bits per heavy atom. The molecule has 3 aliphatic rings. The van der Waals surface area contributed by atoms with Crippen LogP contribution in [0.4, 0.5) is 48.3 Å². The zero-order valence-corrected chi connectivity index (χ0v) is 39.2. The van der Waals surface area contributed by atoms with E-state index < -0.39 is 48.8 Å². The van der Waals surface area contributed by atoms with Gasteiger partial charge in [0.1, 0.15) is 23.1 Å². The summed E-state index contributed by atoms with van der Waals surface area (Å²) in [6.07, 6.45) is -14.1. The maximum atomic E-state index is 15.1. The van der Waals surface area contributed by atoms with E-state index in [1.165, 1.54) is 12.1 Å². The summed E-state index contributed by atoms with van der Waals surface area (Å²) >= 11 is 0. The molecule has 0 aliphatic heterocycles. The molecule has 0 radical (unpaired) electrons. The smallest absolute Gasteiger partial charge is 0.435 e. The van der Waals surface area contributed by atoms with Crippen LogP contribution in [0, 0.1) is 34.8 Å². The highest BCUT2D eigenvalue weighted by Gasteiger charge is 2.85. The number of fused-ring (bicyclic) bond motifs is 5. The molecule has 3 aliphatic carbocycles. The highest BCUT2D eigenvalue weighted by Crippen LogP contribution is 2.62. The molecule has 376 valence electrons. The highest BCUT2D eigenvalue weighted by molar-refractivity contribution is 8.76. The average molecular weight is 998 g/mol. The largest absolute Gasteiger partial charge is 0.457 e. The van der Waals surface area contributed by atoms with Crippen molar-refractivity contribution in [1.82, 2.24) is 5.32 Å². The van der Waals surface area contributed by atoms with Crippen LogP contribution in [0.1, 0.15) is 94.2 Å². The van der Waals surface area contributed by atoms with Gasteiger partial charge in [0, 0.05) is 68.6 Å². The van der Waals surface area contributed by atoms with Gasteiger partial charge in [-0.2, -0.15) is 39.5 Å². The van der Waals surface area contributed by atoms with Crippen molar-refractivity contribution < 1.29 is 76.7 Å². The predicted octanol–water partition coefficient (Wildman–Crippen LogP) is 12.8. The molecular weight excluding hydrogens is 936 g/mol. The van der Waals surface area contributed by atoms with Gasteiger partial charge in [-0.05, 0) is 124 Å². The Hall–Kier alpha value is -2.07. The van der Waals surface area contributed by atoms with Crippen molar-refractivity contribution in [3.63, 3.8) is 0 Å². The maximum Gasteiger partial charge on any atom is 0.435 e. The molecule has 6 unspecified atom stereocenters. The summed E-state index contributed by atoms with van der Waals surface area (Å²) in [4.78, 5) is 0. The quantitative estimate of drug-likeness (QED) is 0.0535. The molecule has 1 N–H and O–H groups in total. The topological polar surface area (TPSA) is 67.4 Å². The van der Waals surface area contributed by atoms with Gasteiger partial charge in [-0.25, -0.2) is 8.78 Å². The van der Waals surface area contributed by atoms with Crippen molar-refractivity contribution in [3.05, 3.63) is 58.7 Å². The summed E-state index contributed by atoms with van der Waals surface area (Å²) in [5.41, 5.74) is -4.49. The fourth-order valence-electron chi connectivity index (χ4n) is 10.0. The normalized spacial score (nSPS) is 22.8. The van der Waals surface area contributed by atoms with Crippen molar-refractivity contribution >= 4 is 21.6 Å². The van der Waals surface area contributed by atoms with E-state index in [0.717, 1.165) is 67.6 Å². The molecule has 2 saturated carbocycles. The molecule has 6 atom stereocenters. The van der Waals surface area contributed by atoms with E-state index in [2.05, 4.69) is 17.0 Å². The second-order valence-corrected chi connectivity index (χ2v) is 20.2. The fraction of sp³-hybridized carbons (Fsp3) is 0.739. The lowest BCUT2D eigenvalue weighted by Gasteiger charge is -2.50. The fourth-order valence-corrected chi connectivity index (χ4v) is 12.0. The first-order valence-corrected chi connectivity index (χ1v) is 25.1. The second kappa shape index (κ2) is 24.7. The van der Waals surface area contributed by atoms with E-state index in [-0.39, 0.29) is 53.7 Å². The molecule has 2 fully saturated rings. The number of halogens is 11. The van der Waals surface area contributed by atoms with Crippen LogP contribution >= 0.6 is 21.6 Å². The van der Waals surface area contributed by atoms with E-state index in [1.54, 1.807) is 34.8 Å². The van der Waals surface area contributed by atoms with Gasteiger partial charge in [0.15, 0.2) is 0 Å². The van der Waals surface area contributed by atoms with Gasteiger partial charge in [-0.1, -0.05) is 34.6 Å². The summed E-state index contributed by atoms with van der Waals surface area (Å²) in [5.74, 6) is 1.86. The Morgan fingerprint density at radius 1 is 0.773 bits per heavy atom. The van der Waals surface area contributed by atoms with E-state index >= 15 is 8.78 Å². The van der Waals surface area contributed by atoms with Crippen LogP contribution in [-0.2, 0) is 36.6 Å². The monoisotopic (exact) mass is 997 g/mol. The number of hydrogen-bond acceptors (Lipinski definition) is 9. The van der Waals surface area contributed by atoms with Crippen LogP contribution in [0.2, 0.25) is 0 Å². The Bertz CT molecular complexity index is 1750. The first-order chi connectivity index (χ1) is 31.3. The Balaban J connectivity index is 1.01. The number of benzene rings is 2. The molecule has 0 amide bonds. The molecule has 2 aromatic rings. The first-order valence-electron chi connectivity index (χ1n) is 22.6. The van der Waals surface area contributed by atoms with Gasteiger partial charge in [0.2, 0.25) is 0 Å². The molecule has 0 heterocycles. The Labute approximate surface area is 388 Å². The van der Waals surface area contributed by atoms with Crippen LogP contribution in [0.3, 0.4) is 0 Å². The lowest BCUT2D eigenvalue weighted by molar-refractivity contribution is -0.457. The molecule has 2 aromatic carbocycles. The maximum absolute atomic E-state index is 15.1. The highest BCUT2D eigenvalue weighted by atomic mass is 33.1. The molecule has 0 saturated heterocycles. The van der Waals surface area contributed by atoms with Gasteiger partial charge in [0.05, 0.1) is 32.5 Å². The van der Waals surface area contributed by atoms with Crippen molar-refractivity contribution in [3.8, 4) is 11.5 Å². The summed E-state index contributed by atoms with van der Waals surface area (Å²) in [5, 5.41) is 3.12. The van der Waals surface area contributed by atoms with Gasteiger partial charge in [0.25, 0.3) is 0 Å². The van der Waals surface area contributed by atoms with E-state index in [9.17, 15) is 39.5 Å². The van der Waals surface area contributed by atoms with Crippen molar-refractivity contribution in [1.29, 1.82) is 0 Å². The van der Waals surface area contributed by atoms with E-state index in [1.807, 2.05) is 19.1 Å². The van der Waals surface area contributed by atoms with Gasteiger partial charge >= 0.3 is 24.1 Å². The number of aryl methyl sites for hydroxylation is 1. The number of ether oxygens (including phenoxy) is 6. The zero-order chi connectivity index (χ0) is 48.2. The lowest BCUT2D eigenvalue weighted by atomic mass is 9.55. The molecule has 0 bridgehead atoms. The third kappa shape index (κ3) is 13.6. The minimum Gasteiger partial charge on any atom is -0.457 e. The average Bonchev–Trinajstić information content (AvgIpc) is 3.57. The summed E-state index contributed by atoms with van der Waals surface area (Å²) in [6, 6.07) is 8.02. The lowest BCUT2D eigenvalue weighted by Crippen LogP contribution is -2.67. The van der Waals surface area contributed by atoms with Crippen LogP contribution in [-0.4, -0.2) is 102 Å². The minimum atomic E-state index is -6.77. The van der Waals surface area contributed by atoms with Gasteiger partial charge in [-0.15, -0.1) is 0 Å². The summed E-state index contributed by atoms with van der Waals surface area (Å²) in [7, 11) is 5.17. The molecule has 7 nitrogen and oxygen atoms in total. The molecule has 66 heavy (non-hydrogen) atoms. The number of nitrogens with one attached hydrogen (secondary N) is 1. The number of hydrogen-bond donors (Lipinski definition) is 1. The van der Waals surface area contributed by atoms with E-state index in [4.69, 9.17) is 23.7 Å². The number of rotatable bonds is 27. The van der Waals surface area contributed by atoms with Crippen molar-refractivity contribution in [2.45, 2.75) is 121 Å². The number of methoxy groups -OCH3 is 1. The second-order valence-electron chi connectivity index (χ2n) is 17.5. The standard InChI is InChI=1S/C46H62F11NO6S2/c1-4-60-29-30(28-59-3)8-5-18-61-21-23-66-65-22-6-17-58-27-37-39(47)25-33(26-40(37)48)64-32-10-12-34-31(24-32)9-11-36-35(34)15-16-42(2)38(36)13-14-41(42)62-19-7-20-63-43(44(49,50)51,45(52,53)54)46(55,56)57/h10,12,24-26,30,35-36,38,41,58H,4-9,11,13-23,27-29H2,1-3H3. The Kier molecular flexibility index (Phi) is 20.5. The zero-order valence-electron chi connectivity index (χ0n) is 37.5. The Morgan fingerprint density at radius 3 is 2.17 bits per heavy atom. The molecule has 0 spiro atoms. The minimum absolute atomic E-state index is 0.0331. The van der Waals surface area contributed by atoms with Gasteiger partial charge in [-0.3, -0.25) is 0 Å². The molecule has 0 aromatic heterocycles. The van der Waals surface area contributed by atoms with Crippen LogP contribution in [0.25, 0.3) is 0 Å². The third-order valence-electron chi connectivity index (χ3n) is 13.2. The van der Waals surface area contributed by atoms with Crippen LogP contribution in [0.15, 0.2) is 30.3 Å². The van der Waals surface area contributed by atoms with Crippen molar-refractivity contribution in [2.24, 2.45) is 23.2 Å². The van der Waals surface area contributed by atoms with Crippen LogP contribution in [0.5, 0.6) is 11.5 Å². The van der Waals surface area contributed by atoms with Crippen molar-refractivity contribution in [2.75, 3.05) is 71.4 Å². The molecular formula is C46H62F11NO6S2. The third-order valence-corrected chi connectivity index (χ3v) is 15.7. The summed E-state index contributed by atoms with van der Waals surface area (Å²) in [6.45, 7) is 6.29. The SMILES string of the molecule is CCOCC(CCCOCCSSCCCNCc1c(F)cc(Oc2ccc3c(c2)CCC2C3CCC3(C)C(OCCCOC(C(F)(F)F)(C(F)(F)F)C(F)(F)F)CCC23)cc1F)COC. The molecule has 5 rings (SSSR count). The van der Waals surface area contributed by atoms with Gasteiger partial charge < -0.3 is 33.7 Å². The van der Waals surface area contributed by atoms with Crippen LogP contribution < -0.4 is 10.1 Å². The number of alkyl halides is 9. The molecule has 20 heteroatoms. The summed E-state index contributed by atoms with van der Waals surface area (Å²) < 4.78 is 181. The first kappa shape index (κ1) is 54.9. The predicted molar refractivity (Wildman–Crippen MR) is 232 cm³/mol. The van der Waals surface area contributed by atoms with E-state index in [0.29, 0.717) is 64.1 Å².